The minimum atomic E-state index is -0.152. The van der Waals surface area contributed by atoms with Crippen LogP contribution in [0.5, 0.6) is 0 Å². The van der Waals surface area contributed by atoms with Crippen molar-refractivity contribution in [3.05, 3.63) is 22.6 Å². The molecule has 140 valence electrons. The Kier molecular flexibility index (Phi) is 4.15. The normalized spacial score (nSPS) is 42.4. The highest BCUT2D eigenvalue weighted by Gasteiger charge is 2.60. The smallest absolute Gasteiger partial charge is 0.190 e. The van der Waals surface area contributed by atoms with Crippen LogP contribution in [0.15, 0.2) is 22.6 Å². The monoisotopic (exact) mass is 372 g/mol. The van der Waals surface area contributed by atoms with Gasteiger partial charge in [0.05, 0.1) is 4.91 Å². The summed E-state index contributed by atoms with van der Waals surface area (Å²) in [5.74, 6) is 1.98. The number of ketones is 2. The highest BCUT2D eigenvalue weighted by Crippen LogP contribution is 2.66. The third-order valence-electron chi connectivity index (χ3n) is 7.97. The van der Waals surface area contributed by atoms with Gasteiger partial charge in [-0.2, -0.15) is 0 Å². The van der Waals surface area contributed by atoms with Crippen molar-refractivity contribution < 1.29 is 14.4 Å². The second-order valence-corrected chi connectivity index (χ2v) is 10.4. The van der Waals surface area contributed by atoms with E-state index in [9.17, 15) is 14.4 Å². The third-order valence-corrected chi connectivity index (χ3v) is 8.89. The molecule has 0 unspecified atom stereocenters. The number of Topliss-reactive ketones (excluding diaryl/α,β-unsaturated/α-hetero) is 2. The summed E-state index contributed by atoms with van der Waals surface area (Å²) in [4.78, 5) is 37.6. The zero-order valence-electron chi connectivity index (χ0n) is 16.0. The molecule has 0 spiro atoms. The maximum atomic E-state index is 12.6. The Balaban J connectivity index is 1.79. The molecule has 26 heavy (non-hydrogen) atoms. The van der Waals surface area contributed by atoms with E-state index in [2.05, 4.69) is 20.4 Å². The average molecular weight is 373 g/mol. The number of allylic oxidation sites excluding steroid dienone is 2. The lowest BCUT2D eigenvalue weighted by atomic mass is 9.46. The Morgan fingerprint density at radius 3 is 2.46 bits per heavy atom. The molecule has 0 heterocycles. The van der Waals surface area contributed by atoms with E-state index in [0.29, 0.717) is 34.9 Å². The number of rotatable bonds is 1. The molecular formula is C22H28O3S. The molecule has 4 aliphatic carbocycles. The summed E-state index contributed by atoms with van der Waals surface area (Å²) in [6.45, 7) is 10.4. The van der Waals surface area contributed by atoms with Crippen molar-refractivity contribution in [3.8, 4) is 0 Å². The van der Waals surface area contributed by atoms with Gasteiger partial charge in [0.15, 0.2) is 10.9 Å². The molecule has 0 aliphatic heterocycles. The van der Waals surface area contributed by atoms with Crippen molar-refractivity contribution in [2.24, 2.45) is 28.6 Å². The van der Waals surface area contributed by atoms with Crippen LogP contribution in [0.25, 0.3) is 0 Å². The van der Waals surface area contributed by atoms with Gasteiger partial charge in [-0.25, -0.2) is 0 Å². The fraction of sp³-hybridized carbons (Fsp3) is 0.682. The van der Waals surface area contributed by atoms with Gasteiger partial charge in [-0.1, -0.05) is 20.4 Å². The molecule has 0 N–H and O–H groups in total. The Morgan fingerprint density at radius 2 is 1.77 bits per heavy atom. The standard InChI is InChI=1S/C22H28O3S/c1-12-11-14-15-5-6-18(25)21(15,3)9-7-16(14)22(4)10-8-17(24)20(19(12)22)26-13(2)23/h14-16H,1,5-11H2,2-4H3/t14-,15-,16-,21-,22+/m0/s1. The van der Waals surface area contributed by atoms with Gasteiger partial charge < -0.3 is 0 Å². The van der Waals surface area contributed by atoms with E-state index in [1.807, 2.05) is 0 Å². The van der Waals surface area contributed by atoms with Crippen LogP contribution in [0.4, 0.5) is 0 Å². The molecule has 3 fully saturated rings. The first-order valence-electron chi connectivity index (χ1n) is 9.86. The maximum absolute atomic E-state index is 12.6. The molecule has 0 bridgehead atoms. The van der Waals surface area contributed by atoms with Gasteiger partial charge in [0.2, 0.25) is 0 Å². The summed E-state index contributed by atoms with van der Waals surface area (Å²) in [5, 5.41) is -0.0300. The fourth-order valence-corrected chi connectivity index (χ4v) is 7.70. The van der Waals surface area contributed by atoms with Gasteiger partial charge in [0.25, 0.3) is 0 Å². The first kappa shape index (κ1) is 18.2. The van der Waals surface area contributed by atoms with Crippen molar-refractivity contribution in [1.82, 2.24) is 0 Å². The van der Waals surface area contributed by atoms with Gasteiger partial charge in [0, 0.05) is 25.2 Å². The largest absolute Gasteiger partial charge is 0.299 e. The Hall–Kier alpha value is -1.16. The van der Waals surface area contributed by atoms with Gasteiger partial charge in [0.1, 0.15) is 5.78 Å². The van der Waals surface area contributed by atoms with Crippen LogP contribution in [-0.4, -0.2) is 16.7 Å². The molecule has 5 atom stereocenters. The lowest BCUT2D eigenvalue weighted by Crippen LogP contribution is -2.51. The number of carbonyl (C=O) groups excluding carboxylic acids is 3. The van der Waals surface area contributed by atoms with Gasteiger partial charge >= 0.3 is 0 Å². The Morgan fingerprint density at radius 1 is 1.08 bits per heavy atom. The highest BCUT2D eigenvalue weighted by atomic mass is 32.2. The molecule has 4 rings (SSSR count). The molecule has 0 amide bonds. The molecule has 3 nitrogen and oxygen atoms in total. The summed E-state index contributed by atoms with van der Waals surface area (Å²) >= 11 is 1.11. The lowest BCUT2D eigenvalue weighted by molar-refractivity contribution is -0.132. The maximum Gasteiger partial charge on any atom is 0.190 e. The van der Waals surface area contributed by atoms with E-state index in [4.69, 9.17) is 0 Å². The van der Waals surface area contributed by atoms with Crippen molar-refractivity contribution in [2.75, 3.05) is 0 Å². The minimum Gasteiger partial charge on any atom is -0.299 e. The zero-order chi connectivity index (χ0) is 18.9. The summed E-state index contributed by atoms with van der Waals surface area (Å²) in [7, 11) is 0. The third kappa shape index (κ3) is 2.37. The van der Waals surface area contributed by atoms with Crippen LogP contribution in [0, 0.1) is 28.6 Å². The van der Waals surface area contributed by atoms with E-state index in [1.165, 1.54) is 6.92 Å². The number of carbonyl (C=O) groups is 3. The predicted octanol–water partition coefficient (Wildman–Crippen LogP) is 4.86. The molecule has 3 saturated carbocycles. The van der Waals surface area contributed by atoms with Crippen molar-refractivity contribution in [2.45, 2.75) is 65.7 Å². The summed E-state index contributed by atoms with van der Waals surface area (Å²) in [6.07, 6.45) is 5.98. The van der Waals surface area contributed by atoms with Crippen LogP contribution >= 0.6 is 11.8 Å². The molecule has 0 aromatic rings. The number of hydrogen-bond acceptors (Lipinski definition) is 4. The Labute approximate surface area is 160 Å². The zero-order valence-corrected chi connectivity index (χ0v) is 16.8. The van der Waals surface area contributed by atoms with Crippen LogP contribution in [0.2, 0.25) is 0 Å². The van der Waals surface area contributed by atoms with Gasteiger partial charge in [-0.15, -0.1) is 0 Å². The summed E-state index contributed by atoms with van der Waals surface area (Å²) < 4.78 is 0. The van der Waals surface area contributed by atoms with E-state index >= 15 is 0 Å². The van der Waals surface area contributed by atoms with Crippen LogP contribution in [0.1, 0.15) is 65.7 Å². The van der Waals surface area contributed by atoms with Crippen molar-refractivity contribution in [1.29, 1.82) is 0 Å². The molecule has 0 aromatic heterocycles. The predicted molar refractivity (Wildman–Crippen MR) is 103 cm³/mol. The first-order chi connectivity index (χ1) is 12.2. The molecule has 4 aliphatic rings. The average Bonchev–Trinajstić information content (AvgIpc) is 2.86. The number of fused-ring (bicyclic) bond motifs is 5. The second-order valence-electron chi connectivity index (χ2n) is 9.24. The number of thioether (sulfide) groups is 1. The molecule has 0 saturated heterocycles. The fourth-order valence-electron chi connectivity index (χ4n) is 6.72. The van der Waals surface area contributed by atoms with Crippen LogP contribution in [-0.2, 0) is 14.4 Å². The quantitative estimate of drug-likeness (QED) is 0.659. The van der Waals surface area contributed by atoms with E-state index in [1.54, 1.807) is 0 Å². The first-order valence-corrected chi connectivity index (χ1v) is 10.7. The number of hydrogen-bond donors (Lipinski definition) is 0. The van der Waals surface area contributed by atoms with E-state index in [0.717, 1.165) is 61.4 Å². The van der Waals surface area contributed by atoms with Crippen LogP contribution < -0.4 is 0 Å². The van der Waals surface area contributed by atoms with Crippen LogP contribution in [0.3, 0.4) is 0 Å². The molecule has 0 radical (unpaired) electrons. The molecular weight excluding hydrogens is 344 g/mol. The summed E-state index contributed by atoms with van der Waals surface area (Å²) in [6, 6.07) is 0. The van der Waals surface area contributed by atoms with Gasteiger partial charge in [-0.05, 0) is 78.2 Å². The topological polar surface area (TPSA) is 51.2 Å². The second kappa shape index (κ2) is 5.92. The molecule has 4 heteroatoms. The highest BCUT2D eigenvalue weighted by molar-refractivity contribution is 8.17. The molecule has 0 aromatic carbocycles. The van der Waals surface area contributed by atoms with Crippen molar-refractivity contribution >= 4 is 28.4 Å². The minimum absolute atomic E-state index is 0.0300. The van der Waals surface area contributed by atoms with Crippen molar-refractivity contribution in [3.63, 3.8) is 0 Å². The summed E-state index contributed by atoms with van der Waals surface area (Å²) in [5.41, 5.74) is 1.87. The lowest BCUT2D eigenvalue weighted by Gasteiger charge is -2.57. The van der Waals surface area contributed by atoms with E-state index < -0.39 is 0 Å². The Bertz CT molecular complexity index is 763. The van der Waals surface area contributed by atoms with Gasteiger partial charge in [-0.3, -0.25) is 14.4 Å². The SMILES string of the molecule is C=C1C[C@@H]2[C@H](CC[C@]3(C)C(=O)CC[C@@H]23)[C@@]2(C)CCC(=O)C(SC(C)=O)=C12. The van der Waals surface area contributed by atoms with E-state index in [-0.39, 0.29) is 21.7 Å².